The fraction of sp³-hybridized carbons (Fsp3) is 0.700. The van der Waals surface area contributed by atoms with Crippen LogP contribution in [0.5, 0.6) is 0 Å². The van der Waals surface area contributed by atoms with Crippen molar-refractivity contribution in [2.75, 3.05) is 13.2 Å². The quantitative estimate of drug-likeness (QED) is 0.215. The number of carbonyl (C=O) groups is 1. The molecule has 0 aliphatic heterocycles. The van der Waals surface area contributed by atoms with E-state index in [1.807, 2.05) is 6.92 Å². The van der Waals surface area contributed by atoms with Crippen molar-refractivity contribution in [2.45, 2.75) is 33.0 Å². The maximum absolute atomic E-state index is 11.1. The Morgan fingerprint density at radius 3 is 2.73 bits per heavy atom. The largest absolute Gasteiger partial charge is 0.501 e. The van der Waals surface area contributed by atoms with Crippen molar-refractivity contribution in [1.29, 1.82) is 0 Å². The highest BCUT2D eigenvalue weighted by atomic mass is 16.6. The summed E-state index contributed by atoms with van der Waals surface area (Å²) in [6.45, 7) is 3.48. The fourth-order valence-corrected chi connectivity index (χ4v) is 0.713. The minimum Gasteiger partial charge on any atom is -0.501 e. The van der Waals surface area contributed by atoms with Gasteiger partial charge in [0.05, 0.1) is 18.4 Å². The molecule has 0 aromatic heterocycles. The average Bonchev–Trinajstić information content (AvgIpc) is 2.23. The van der Waals surface area contributed by atoms with Gasteiger partial charge < -0.3 is 19.7 Å². The van der Waals surface area contributed by atoms with Gasteiger partial charge in [0.25, 0.3) is 0 Å². The second-order valence-corrected chi connectivity index (χ2v) is 3.07. The molecule has 0 amide bonds. The van der Waals surface area contributed by atoms with Crippen molar-refractivity contribution >= 4 is 5.97 Å². The van der Waals surface area contributed by atoms with Crippen molar-refractivity contribution < 1.29 is 24.5 Å². The molecule has 0 aromatic rings. The lowest BCUT2D eigenvalue weighted by atomic mass is 10.3. The summed E-state index contributed by atoms with van der Waals surface area (Å²) in [6, 6.07) is 0. The summed E-state index contributed by atoms with van der Waals surface area (Å²) < 4.78 is 9.50. The van der Waals surface area contributed by atoms with Crippen LogP contribution in [0.1, 0.15) is 26.7 Å². The van der Waals surface area contributed by atoms with Crippen LogP contribution in [-0.4, -0.2) is 35.7 Å². The summed E-state index contributed by atoms with van der Waals surface area (Å²) in [5.74, 6) is -0.701. The van der Waals surface area contributed by atoms with E-state index >= 15 is 0 Å². The summed E-state index contributed by atoms with van der Waals surface area (Å²) in [5.41, 5.74) is 0.249. The fourth-order valence-electron chi connectivity index (χ4n) is 0.713. The third kappa shape index (κ3) is 6.93. The highest BCUT2D eigenvalue weighted by Crippen LogP contribution is 2.00. The Balaban J connectivity index is 3.86. The van der Waals surface area contributed by atoms with E-state index in [0.717, 1.165) is 12.8 Å². The Bertz CT molecular complexity index is 212. The van der Waals surface area contributed by atoms with E-state index in [-0.39, 0.29) is 5.57 Å². The van der Waals surface area contributed by atoms with Crippen molar-refractivity contribution in [3.05, 3.63) is 11.8 Å². The molecule has 0 aromatic carbocycles. The number of aliphatic hydroxyl groups excluding tert-OH is 2. The van der Waals surface area contributed by atoms with E-state index in [2.05, 4.69) is 4.74 Å². The van der Waals surface area contributed by atoms with E-state index in [1.54, 1.807) is 0 Å². The Morgan fingerprint density at radius 2 is 2.20 bits per heavy atom. The van der Waals surface area contributed by atoms with Gasteiger partial charge in [-0.2, -0.15) is 0 Å². The second kappa shape index (κ2) is 8.26. The molecule has 88 valence electrons. The van der Waals surface area contributed by atoms with E-state index in [0.29, 0.717) is 6.61 Å². The van der Waals surface area contributed by atoms with Gasteiger partial charge in [-0.25, -0.2) is 4.79 Å². The van der Waals surface area contributed by atoms with Crippen LogP contribution < -0.4 is 0 Å². The zero-order chi connectivity index (χ0) is 11.7. The molecule has 0 spiro atoms. The van der Waals surface area contributed by atoms with E-state index in [4.69, 9.17) is 14.9 Å². The molecule has 0 radical (unpaired) electrons. The zero-order valence-corrected chi connectivity index (χ0v) is 9.10. The lowest BCUT2D eigenvalue weighted by Crippen LogP contribution is -2.21. The minimum atomic E-state index is -1.48. The highest BCUT2D eigenvalue weighted by Gasteiger charge is 2.11. The Hall–Kier alpha value is -1.07. The van der Waals surface area contributed by atoms with Crippen molar-refractivity contribution in [3.63, 3.8) is 0 Å². The summed E-state index contributed by atoms with van der Waals surface area (Å²) in [7, 11) is 0. The summed E-state index contributed by atoms with van der Waals surface area (Å²) >= 11 is 0. The first-order chi connectivity index (χ1) is 7.11. The third-order valence-electron chi connectivity index (χ3n) is 1.60. The standard InChI is InChI=1S/C10H18O5/c1-3-4-5-14-7-8(2)10(13)15-9(12)6-11/h7,9,11-12H,3-6H2,1-2H3/b8-7+. The van der Waals surface area contributed by atoms with Gasteiger partial charge in [0.1, 0.15) is 6.61 Å². The number of ether oxygens (including phenoxy) is 2. The van der Waals surface area contributed by atoms with Gasteiger partial charge in [0.15, 0.2) is 0 Å². The molecule has 0 saturated heterocycles. The Morgan fingerprint density at radius 1 is 1.53 bits per heavy atom. The Labute approximate surface area is 89.3 Å². The first-order valence-electron chi connectivity index (χ1n) is 4.90. The van der Waals surface area contributed by atoms with Crippen molar-refractivity contribution in [3.8, 4) is 0 Å². The van der Waals surface area contributed by atoms with E-state index in [9.17, 15) is 4.79 Å². The summed E-state index contributed by atoms with van der Waals surface area (Å²) in [4.78, 5) is 11.1. The molecule has 1 atom stereocenters. The number of esters is 1. The van der Waals surface area contributed by atoms with Gasteiger partial charge in [-0.1, -0.05) is 13.3 Å². The molecule has 0 aliphatic carbocycles. The van der Waals surface area contributed by atoms with Gasteiger partial charge in [-0.15, -0.1) is 0 Å². The number of hydrogen-bond acceptors (Lipinski definition) is 5. The monoisotopic (exact) mass is 218 g/mol. The predicted octanol–water partition coefficient (Wildman–Crippen LogP) is 0.561. The molecule has 0 rings (SSSR count). The van der Waals surface area contributed by atoms with Gasteiger partial charge in [-0.3, -0.25) is 0 Å². The van der Waals surface area contributed by atoms with Gasteiger partial charge in [0.2, 0.25) is 6.29 Å². The first kappa shape index (κ1) is 13.9. The van der Waals surface area contributed by atoms with Crippen LogP contribution in [0.25, 0.3) is 0 Å². The van der Waals surface area contributed by atoms with Crippen LogP contribution in [-0.2, 0) is 14.3 Å². The third-order valence-corrected chi connectivity index (χ3v) is 1.60. The van der Waals surface area contributed by atoms with Crippen molar-refractivity contribution in [1.82, 2.24) is 0 Å². The topological polar surface area (TPSA) is 76.0 Å². The van der Waals surface area contributed by atoms with E-state index in [1.165, 1.54) is 13.2 Å². The van der Waals surface area contributed by atoms with Crippen LogP contribution in [0.3, 0.4) is 0 Å². The molecule has 0 heterocycles. The maximum Gasteiger partial charge on any atom is 0.339 e. The number of hydrogen-bond donors (Lipinski definition) is 2. The van der Waals surface area contributed by atoms with Gasteiger partial charge in [-0.05, 0) is 13.3 Å². The first-order valence-corrected chi connectivity index (χ1v) is 4.90. The van der Waals surface area contributed by atoms with Crippen LogP contribution in [0.4, 0.5) is 0 Å². The molecule has 0 aliphatic rings. The molecule has 1 unspecified atom stereocenters. The number of aliphatic hydroxyl groups is 2. The van der Waals surface area contributed by atoms with Crippen LogP contribution in [0, 0.1) is 0 Å². The van der Waals surface area contributed by atoms with Crippen LogP contribution in [0.15, 0.2) is 11.8 Å². The SMILES string of the molecule is CCCCO/C=C(\C)C(=O)OC(O)CO. The normalized spacial score (nSPS) is 13.5. The molecule has 0 bridgehead atoms. The van der Waals surface area contributed by atoms with Gasteiger partial charge in [0, 0.05) is 0 Å². The maximum atomic E-state index is 11.1. The van der Waals surface area contributed by atoms with Crippen LogP contribution >= 0.6 is 0 Å². The lowest BCUT2D eigenvalue weighted by molar-refractivity contribution is -0.168. The number of carbonyl (C=O) groups excluding carboxylic acids is 1. The molecule has 5 heteroatoms. The summed E-state index contributed by atoms with van der Waals surface area (Å²) in [6.07, 6.45) is 1.75. The van der Waals surface area contributed by atoms with Crippen LogP contribution in [0.2, 0.25) is 0 Å². The van der Waals surface area contributed by atoms with E-state index < -0.39 is 18.9 Å². The molecule has 0 fully saturated rings. The van der Waals surface area contributed by atoms with Gasteiger partial charge >= 0.3 is 5.97 Å². The van der Waals surface area contributed by atoms with Crippen molar-refractivity contribution in [2.24, 2.45) is 0 Å². The predicted molar refractivity (Wildman–Crippen MR) is 53.8 cm³/mol. The smallest absolute Gasteiger partial charge is 0.339 e. The number of unbranched alkanes of at least 4 members (excludes halogenated alkanes) is 1. The zero-order valence-electron chi connectivity index (χ0n) is 9.10. The Kier molecular flexibility index (Phi) is 7.67. The highest BCUT2D eigenvalue weighted by molar-refractivity contribution is 5.87. The number of rotatable bonds is 7. The molecule has 2 N–H and O–H groups in total. The molecular weight excluding hydrogens is 200 g/mol. The second-order valence-electron chi connectivity index (χ2n) is 3.07. The molecule has 5 nitrogen and oxygen atoms in total. The summed E-state index contributed by atoms with van der Waals surface area (Å²) in [5, 5.41) is 17.3. The average molecular weight is 218 g/mol. The molecular formula is C10H18O5. The minimum absolute atomic E-state index is 0.249. The lowest BCUT2D eigenvalue weighted by Gasteiger charge is -2.09. The molecule has 0 saturated carbocycles. The molecule has 15 heavy (non-hydrogen) atoms.